The summed E-state index contributed by atoms with van der Waals surface area (Å²) < 4.78 is 30.7. The van der Waals surface area contributed by atoms with Crippen molar-refractivity contribution in [1.29, 1.82) is 0 Å². The van der Waals surface area contributed by atoms with Crippen LogP contribution in [0.25, 0.3) is 6.08 Å². The minimum atomic E-state index is -3.33. The number of carbonyl (C=O) groups excluding carboxylic acids is 1. The molecule has 1 N–H and O–H groups in total. The van der Waals surface area contributed by atoms with E-state index in [1.165, 1.54) is 0 Å². The number of amides is 1. The predicted molar refractivity (Wildman–Crippen MR) is 137 cm³/mol. The molecule has 0 spiro atoms. The van der Waals surface area contributed by atoms with Gasteiger partial charge in [-0.05, 0) is 54.3 Å². The van der Waals surface area contributed by atoms with Crippen LogP contribution in [0.5, 0.6) is 5.75 Å². The monoisotopic (exact) mass is 478 g/mol. The summed E-state index contributed by atoms with van der Waals surface area (Å²) in [6, 6.07) is 24.5. The van der Waals surface area contributed by atoms with Gasteiger partial charge < -0.3 is 9.64 Å². The molecule has 3 aromatic carbocycles. The van der Waals surface area contributed by atoms with E-state index in [0.29, 0.717) is 18.7 Å². The number of ether oxygens (including phenoxy) is 1. The van der Waals surface area contributed by atoms with Crippen molar-refractivity contribution in [2.75, 3.05) is 18.1 Å². The third-order valence-electron chi connectivity index (χ3n) is 5.35. The van der Waals surface area contributed by atoms with E-state index in [0.717, 1.165) is 28.7 Å². The molecule has 0 heterocycles. The highest BCUT2D eigenvalue weighted by molar-refractivity contribution is 7.92. The van der Waals surface area contributed by atoms with Gasteiger partial charge in [-0.3, -0.25) is 9.52 Å². The number of benzene rings is 3. The molecule has 0 aliphatic carbocycles. The number of anilines is 1. The summed E-state index contributed by atoms with van der Waals surface area (Å²) in [6.07, 6.45) is 5.05. The van der Waals surface area contributed by atoms with E-state index in [1.54, 1.807) is 43.5 Å². The summed E-state index contributed by atoms with van der Waals surface area (Å²) in [5, 5.41) is 0. The molecule has 0 aliphatic rings. The number of nitrogens with zero attached hydrogens (tertiary/aromatic N) is 1. The molecule has 0 saturated carbocycles. The quantitative estimate of drug-likeness (QED) is 0.427. The van der Waals surface area contributed by atoms with Gasteiger partial charge in [0.2, 0.25) is 15.9 Å². The second-order valence-corrected chi connectivity index (χ2v) is 9.89. The van der Waals surface area contributed by atoms with Gasteiger partial charge in [0, 0.05) is 24.4 Å². The summed E-state index contributed by atoms with van der Waals surface area (Å²) >= 11 is 0. The van der Waals surface area contributed by atoms with E-state index < -0.39 is 10.0 Å². The number of sulfonamides is 1. The van der Waals surface area contributed by atoms with Crippen molar-refractivity contribution >= 4 is 27.7 Å². The van der Waals surface area contributed by atoms with Crippen LogP contribution >= 0.6 is 0 Å². The van der Waals surface area contributed by atoms with Crippen LogP contribution in [0.15, 0.2) is 84.9 Å². The summed E-state index contributed by atoms with van der Waals surface area (Å²) in [5.41, 5.74) is 3.36. The van der Waals surface area contributed by atoms with Crippen LogP contribution in [-0.4, -0.2) is 38.6 Å². The second-order valence-electron chi connectivity index (χ2n) is 8.15. The number of methoxy groups -OCH3 is 1. The van der Waals surface area contributed by atoms with Crippen LogP contribution in [0.4, 0.5) is 5.69 Å². The zero-order valence-electron chi connectivity index (χ0n) is 19.6. The number of hydrogen-bond acceptors (Lipinski definition) is 4. The molecule has 0 bridgehead atoms. The molecule has 6 nitrogen and oxygen atoms in total. The fourth-order valence-corrected chi connectivity index (χ4v) is 4.23. The van der Waals surface area contributed by atoms with E-state index in [1.807, 2.05) is 66.4 Å². The molecule has 3 aromatic rings. The lowest BCUT2D eigenvalue weighted by molar-refractivity contribution is -0.128. The first kappa shape index (κ1) is 25.1. The van der Waals surface area contributed by atoms with Crippen molar-refractivity contribution < 1.29 is 17.9 Å². The topological polar surface area (TPSA) is 75.7 Å². The molecule has 178 valence electrons. The van der Waals surface area contributed by atoms with Crippen LogP contribution in [0.1, 0.15) is 23.6 Å². The Morgan fingerprint density at radius 3 is 2.29 bits per heavy atom. The first-order chi connectivity index (χ1) is 16.2. The van der Waals surface area contributed by atoms with Gasteiger partial charge in [-0.1, -0.05) is 60.7 Å². The zero-order valence-corrected chi connectivity index (χ0v) is 20.5. The van der Waals surface area contributed by atoms with Crippen LogP contribution in [0.2, 0.25) is 0 Å². The van der Waals surface area contributed by atoms with E-state index >= 15 is 0 Å². The number of para-hydroxylation sites is 1. The smallest absolute Gasteiger partial charge is 0.247 e. The van der Waals surface area contributed by atoms with E-state index in [2.05, 4.69) is 4.72 Å². The van der Waals surface area contributed by atoms with Crippen LogP contribution < -0.4 is 9.46 Å². The largest absolute Gasteiger partial charge is 0.496 e. The Hall–Kier alpha value is -3.58. The molecule has 0 radical (unpaired) electrons. The maximum Gasteiger partial charge on any atom is 0.247 e. The molecule has 1 atom stereocenters. The van der Waals surface area contributed by atoms with Crippen LogP contribution in [-0.2, 0) is 27.8 Å². The Balaban J connectivity index is 1.78. The Kier molecular flexibility index (Phi) is 8.49. The number of hydrogen-bond donors (Lipinski definition) is 1. The number of nitrogens with one attached hydrogen (secondary N) is 1. The van der Waals surface area contributed by atoms with E-state index in [4.69, 9.17) is 4.74 Å². The third kappa shape index (κ3) is 7.49. The van der Waals surface area contributed by atoms with Gasteiger partial charge in [-0.2, -0.15) is 0 Å². The Labute approximate surface area is 201 Å². The summed E-state index contributed by atoms with van der Waals surface area (Å²) in [4.78, 5) is 15.1. The molecule has 0 unspecified atom stereocenters. The lowest BCUT2D eigenvalue weighted by atomic mass is 10.0. The van der Waals surface area contributed by atoms with Gasteiger partial charge in [0.1, 0.15) is 5.75 Å². The molecule has 0 saturated heterocycles. The predicted octanol–water partition coefficient (Wildman–Crippen LogP) is 4.74. The maximum absolute atomic E-state index is 13.3. The first-order valence-corrected chi connectivity index (χ1v) is 12.9. The van der Waals surface area contributed by atoms with Crippen molar-refractivity contribution in [2.45, 2.75) is 25.9 Å². The average Bonchev–Trinajstić information content (AvgIpc) is 2.82. The van der Waals surface area contributed by atoms with E-state index in [9.17, 15) is 13.2 Å². The van der Waals surface area contributed by atoms with E-state index in [-0.39, 0.29) is 11.9 Å². The fourth-order valence-electron chi connectivity index (χ4n) is 3.67. The Morgan fingerprint density at radius 2 is 1.65 bits per heavy atom. The van der Waals surface area contributed by atoms with Gasteiger partial charge in [-0.25, -0.2) is 8.42 Å². The number of carbonyl (C=O) groups is 1. The molecule has 1 amide bonds. The third-order valence-corrected chi connectivity index (χ3v) is 5.96. The lowest BCUT2D eigenvalue weighted by Gasteiger charge is -2.29. The lowest BCUT2D eigenvalue weighted by Crippen LogP contribution is -2.38. The molecule has 3 rings (SSSR count). The summed E-state index contributed by atoms with van der Waals surface area (Å²) in [5.74, 6) is 0.699. The summed E-state index contributed by atoms with van der Waals surface area (Å²) in [6.45, 7) is 2.52. The maximum atomic E-state index is 13.3. The van der Waals surface area contributed by atoms with Crippen molar-refractivity contribution in [2.24, 2.45) is 0 Å². The van der Waals surface area contributed by atoms with Gasteiger partial charge in [0.15, 0.2) is 0 Å². The van der Waals surface area contributed by atoms with Crippen LogP contribution in [0, 0.1) is 0 Å². The van der Waals surface area contributed by atoms with Crippen molar-refractivity contribution in [1.82, 2.24) is 4.90 Å². The van der Waals surface area contributed by atoms with Gasteiger partial charge in [-0.15, -0.1) is 0 Å². The minimum Gasteiger partial charge on any atom is -0.496 e. The fraction of sp³-hybridized carbons (Fsp3) is 0.222. The van der Waals surface area contributed by atoms with Gasteiger partial charge >= 0.3 is 0 Å². The normalized spacial score (nSPS) is 12.3. The van der Waals surface area contributed by atoms with Crippen molar-refractivity contribution in [3.05, 3.63) is 102 Å². The SMILES string of the molecule is COc1ccccc1C[C@H](C)N(Cc1ccccc1)C(=O)/C=C\c1ccc(NS(C)(=O)=O)cc1. The molecule has 7 heteroatoms. The minimum absolute atomic E-state index is 0.0741. The molecule has 34 heavy (non-hydrogen) atoms. The van der Waals surface area contributed by atoms with Crippen molar-refractivity contribution in [3.8, 4) is 5.75 Å². The molecule has 0 fully saturated rings. The molecule has 0 aromatic heterocycles. The van der Waals surface area contributed by atoms with Gasteiger partial charge in [0.05, 0.1) is 13.4 Å². The first-order valence-electron chi connectivity index (χ1n) is 11.0. The van der Waals surface area contributed by atoms with Gasteiger partial charge in [0.25, 0.3) is 0 Å². The van der Waals surface area contributed by atoms with Crippen LogP contribution in [0.3, 0.4) is 0 Å². The number of rotatable bonds is 10. The highest BCUT2D eigenvalue weighted by Crippen LogP contribution is 2.22. The molecule has 0 aliphatic heterocycles. The highest BCUT2D eigenvalue weighted by Gasteiger charge is 2.20. The zero-order chi connectivity index (χ0) is 24.6. The summed E-state index contributed by atoms with van der Waals surface area (Å²) in [7, 11) is -1.69. The second kappa shape index (κ2) is 11.5. The Bertz CT molecular complexity index is 1220. The standard InChI is InChI=1S/C27H30N2O4S/c1-21(19-24-11-7-8-12-26(24)33-2)29(20-23-9-5-4-6-10-23)27(30)18-15-22-13-16-25(17-14-22)28-34(3,31)32/h4-18,21,28H,19-20H2,1-3H3/b18-15-/t21-/m0/s1. The molecular weight excluding hydrogens is 448 g/mol. The Morgan fingerprint density at radius 1 is 1.00 bits per heavy atom. The van der Waals surface area contributed by atoms with Crippen molar-refractivity contribution in [3.63, 3.8) is 0 Å². The molecular formula is C27H30N2O4S. The highest BCUT2D eigenvalue weighted by atomic mass is 32.2. The average molecular weight is 479 g/mol.